The van der Waals surface area contributed by atoms with Gasteiger partial charge in [-0.3, -0.25) is 4.79 Å². The zero-order valence-electron chi connectivity index (χ0n) is 15.1. The smallest absolute Gasteiger partial charge is 0.254 e. The van der Waals surface area contributed by atoms with Gasteiger partial charge in [0.15, 0.2) is 0 Å². The molecule has 1 aromatic heterocycles. The van der Waals surface area contributed by atoms with Gasteiger partial charge in [0.05, 0.1) is 11.1 Å². The summed E-state index contributed by atoms with van der Waals surface area (Å²) in [6, 6.07) is 24.9. The Morgan fingerprint density at radius 1 is 0.857 bits per heavy atom. The minimum Gasteiger partial charge on any atom is -0.352 e. The lowest BCUT2D eigenvalue weighted by molar-refractivity contribution is 0.0956. The molecular formula is C23H18ClN3O. The fraction of sp³-hybridized carbons (Fsp3) is 0.0870. The van der Waals surface area contributed by atoms with E-state index in [-0.39, 0.29) is 5.91 Å². The van der Waals surface area contributed by atoms with Crippen molar-refractivity contribution in [1.82, 2.24) is 15.5 Å². The molecular weight excluding hydrogens is 370 g/mol. The minimum absolute atomic E-state index is 0.154. The highest BCUT2D eigenvalue weighted by Gasteiger charge is 2.18. The topological polar surface area (TPSA) is 54.9 Å². The molecule has 0 unspecified atom stereocenters. The Hall–Kier alpha value is -3.24. The Kier molecular flexibility index (Phi) is 5.31. The Morgan fingerprint density at radius 2 is 1.57 bits per heavy atom. The molecule has 0 atom stereocenters. The first-order valence-corrected chi connectivity index (χ1v) is 9.43. The second-order valence-corrected chi connectivity index (χ2v) is 6.88. The van der Waals surface area contributed by atoms with Crippen molar-refractivity contribution in [3.05, 3.63) is 95.0 Å². The third-order valence-corrected chi connectivity index (χ3v) is 4.81. The zero-order valence-corrected chi connectivity index (χ0v) is 15.9. The summed E-state index contributed by atoms with van der Waals surface area (Å²) in [7, 11) is 0. The van der Waals surface area contributed by atoms with E-state index in [4.69, 9.17) is 11.6 Å². The number of carbonyl (C=O) groups is 1. The maximum atomic E-state index is 13.1. The molecule has 0 saturated carbocycles. The van der Waals surface area contributed by atoms with Crippen molar-refractivity contribution in [2.24, 2.45) is 0 Å². The summed E-state index contributed by atoms with van der Waals surface area (Å²) >= 11 is 5.92. The Labute approximate surface area is 168 Å². The summed E-state index contributed by atoms with van der Waals surface area (Å²) in [5.41, 5.74) is 3.82. The van der Waals surface area contributed by atoms with Crippen molar-refractivity contribution >= 4 is 28.4 Å². The van der Waals surface area contributed by atoms with E-state index in [1.807, 2.05) is 78.9 Å². The zero-order chi connectivity index (χ0) is 19.3. The van der Waals surface area contributed by atoms with Crippen LogP contribution in [0.25, 0.3) is 22.2 Å². The molecule has 0 aliphatic heterocycles. The van der Waals surface area contributed by atoms with Crippen molar-refractivity contribution in [2.75, 3.05) is 6.54 Å². The molecule has 138 valence electrons. The monoisotopic (exact) mass is 387 g/mol. The van der Waals surface area contributed by atoms with E-state index in [0.717, 1.165) is 22.9 Å². The van der Waals surface area contributed by atoms with E-state index in [1.165, 1.54) is 0 Å². The number of aromatic nitrogens is 2. The highest BCUT2D eigenvalue weighted by atomic mass is 35.5. The Balaban J connectivity index is 1.64. The van der Waals surface area contributed by atoms with Gasteiger partial charge in [0.25, 0.3) is 5.91 Å². The Bertz CT molecular complexity index is 1110. The molecule has 1 N–H and O–H groups in total. The van der Waals surface area contributed by atoms with Gasteiger partial charge in [0.1, 0.15) is 5.69 Å². The van der Waals surface area contributed by atoms with E-state index >= 15 is 0 Å². The number of rotatable bonds is 5. The number of hydrogen-bond donors (Lipinski definition) is 1. The summed E-state index contributed by atoms with van der Waals surface area (Å²) in [6.07, 6.45) is 0.722. The van der Waals surface area contributed by atoms with Crippen LogP contribution in [0, 0.1) is 0 Å². The van der Waals surface area contributed by atoms with Gasteiger partial charge < -0.3 is 5.32 Å². The molecule has 4 rings (SSSR count). The first kappa shape index (κ1) is 18.1. The van der Waals surface area contributed by atoms with Crippen LogP contribution in [0.1, 0.15) is 15.9 Å². The van der Waals surface area contributed by atoms with Crippen molar-refractivity contribution < 1.29 is 4.79 Å². The number of amides is 1. The molecule has 0 spiro atoms. The number of halogens is 1. The third-order valence-electron chi connectivity index (χ3n) is 4.55. The molecule has 0 aliphatic carbocycles. The highest BCUT2D eigenvalue weighted by Crippen LogP contribution is 2.26. The molecule has 0 saturated heterocycles. The molecule has 1 heterocycles. The lowest BCUT2D eigenvalue weighted by atomic mass is 10.0. The van der Waals surface area contributed by atoms with Crippen LogP contribution in [-0.4, -0.2) is 22.6 Å². The summed E-state index contributed by atoms with van der Waals surface area (Å²) in [5.74, 6) is -0.154. The second kappa shape index (κ2) is 8.19. The van der Waals surface area contributed by atoms with Gasteiger partial charge in [-0.25, -0.2) is 0 Å². The lowest BCUT2D eigenvalue weighted by Gasteiger charge is -2.12. The first-order chi connectivity index (χ1) is 13.7. The normalized spacial score (nSPS) is 10.8. The van der Waals surface area contributed by atoms with Crippen LogP contribution >= 0.6 is 11.6 Å². The largest absolute Gasteiger partial charge is 0.352 e. The first-order valence-electron chi connectivity index (χ1n) is 9.06. The molecule has 4 aromatic rings. The predicted molar refractivity (Wildman–Crippen MR) is 112 cm³/mol. The van der Waals surface area contributed by atoms with E-state index < -0.39 is 0 Å². The van der Waals surface area contributed by atoms with E-state index in [0.29, 0.717) is 28.3 Å². The molecule has 28 heavy (non-hydrogen) atoms. The van der Waals surface area contributed by atoms with E-state index in [2.05, 4.69) is 15.5 Å². The van der Waals surface area contributed by atoms with Gasteiger partial charge in [-0.05, 0) is 30.2 Å². The number of hydrogen-bond acceptors (Lipinski definition) is 3. The minimum atomic E-state index is -0.154. The van der Waals surface area contributed by atoms with Crippen molar-refractivity contribution in [2.45, 2.75) is 6.42 Å². The van der Waals surface area contributed by atoms with Crippen LogP contribution in [0.2, 0.25) is 5.02 Å². The fourth-order valence-corrected chi connectivity index (χ4v) is 3.27. The maximum absolute atomic E-state index is 13.1. The average Bonchev–Trinajstić information content (AvgIpc) is 2.75. The van der Waals surface area contributed by atoms with Crippen LogP contribution in [-0.2, 0) is 6.42 Å². The SMILES string of the molecule is O=C(NCCc1ccc(Cl)cc1)c1c(-c2ccccc2)nnc2ccccc12. The van der Waals surface area contributed by atoms with Crippen LogP contribution in [0.3, 0.4) is 0 Å². The van der Waals surface area contributed by atoms with Gasteiger partial charge in [0.2, 0.25) is 0 Å². The van der Waals surface area contributed by atoms with Crippen LogP contribution in [0.5, 0.6) is 0 Å². The summed E-state index contributed by atoms with van der Waals surface area (Å²) in [4.78, 5) is 13.1. The van der Waals surface area contributed by atoms with E-state index in [9.17, 15) is 4.79 Å². The summed E-state index contributed by atoms with van der Waals surface area (Å²) in [5, 5.41) is 13.2. The van der Waals surface area contributed by atoms with Crippen molar-refractivity contribution in [3.63, 3.8) is 0 Å². The third kappa shape index (κ3) is 3.87. The van der Waals surface area contributed by atoms with Gasteiger partial charge in [-0.15, -0.1) is 10.2 Å². The predicted octanol–water partition coefficient (Wildman–Crippen LogP) is 4.92. The quantitative estimate of drug-likeness (QED) is 0.528. The molecule has 0 aliphatic rings. The Morgan fingerprint density at radius 3 is 2.36 bits per heavy atom. The van der Waals surface area contributed by atoms with Gasteiger partial charge >= 0.3 is 0 Å². The summed E-state index contributed by atoms with van der Waals surface area (Å²) in [6.45, 7) is 0.519. The second-order valence-electron chi connectivity index (χ2n) is 6.44. The number of benzene rings is 3. The van der Waals surface area contributed by atoms with Crippen LogP contribution in [0.15, 0.2) is 78.9 Å². The van der Waals surface area contributed by atoms with Crippen molar-refractivity contribution in [3.8, 4) is 11.3 Å². The highest BCUT2D eigenvalue weighted by molar-refractivity contribution is 6.30. The molecule has 1 amide bonds. The number of nitrogens with one attached hydrogen (secondary N) is 1. The lowest BCUT2D eigenvalue weighted by Crippen LogP contribution is -2.27. The molecule has 0 radical (unpaired) electrons. The molecule has 4 nitrogen and oxygen atoms in total. The fourth-order valence-electron chi connectivity index (χ4n) is 3.14. The van der Waals surface area contributed by atoms with Gasteiger partial charge in [0, 0.05) is 22.5 Å². The maximum Gasteiger partial charge on any atom is 0.254 e. The average molecular weight is 388 g/mol. The summed E-state index contributed by atoms with van der Waals surface area (Å²) < 4.78 is 0. The standard InChI is InChI=1S/C23H18ClN3O/c24-18-12-10-16(11-13-18)14-15-25-23(28)21-19-8-4-5-9-20(19)26-27-22(21)17-6-2-1-3-7-17/h1-13H,14-15H2,(H,25,28). The molecule has 5 heteroatoms. The van der Waals surface area contributed by atoms with Gasteiger partial charge in [-0.1, -0.05) is 72.3 Å². The van der Waals surface area contributed by atoms with E-state index in [1.54, 1.807) is 0 Å². The van der Waals surface area contributed by atoms with Crippen LogP contribution in [0.4, 0.5) is 0 Å². The number of fused-ring (bicyclic) bond motifs is 1. The van der Waals surface area contributed by atoms with Crippen molar-refractivity contribution in [1.29, 1.82) is 0 Å². The molecule has 0 bridgehead atoms. The molecule has 0 fully saturated rings. The molecule has 3 aromatic carbocycles. The number of carbonyl (C=O) groups excluding carboxylic acids is 1. The number of nitrogens with zero attached hydrogens (tertiary/aromatic N) is 2. The van der Waals surface area contributed by atoms with Gasteiger partial charge in [-0.2, -0.15) is 0 Å². The van der Waals surface area contributed by atoms with Crippen LogP contribution < -0.4 is 5.32 Å².